The average molecular weight is 383 g/mol. The molecule has 0 aromatic heterocycles. The average Bonchev–Trinajstić information content (AvgIpc) is 2.59. The van der Waals surface area contributed by atoms with Gasteiger partial charge >= 0.3 is 0 Å². The molecule has 2 N–H and O–H groups in total. The largest absolute Gasteiger partial charge is 0.482 e. The highest BCUT2D eigenvalue weighted by Gasteiger charge is 2.07. The molecular weight excluding hydrogens is 363 g/mol. The van der Waals surface area contributed by atoms with E-state index in [4.69, 9.17) is 32.7 Å². The molecule has 2 aromatic rings. The van der Waals surface area contributed by atoms with Gasteiger partial charge in [0.1, 0.15) is 5.75 Å². The van der Waals surface area contributed by atoms with Crippen molar-refractivity contribution in [1.82, 2.24) is 0 Å². The summed E-state index contributed by atoms with van der Waals surface area (Å²) >= 11 is 11.8. The predicted molar refractivity (Wildman–Crippen MR) is 102 cm³/mol. The van der Waals surface area contributed by atoms with Gasteiger partial charge in [0.05, 0.1) is 5.02 Å². The quantitative estimate of drug-likeness (QED) is 0.628. The van der Waals surface area contributed by atoms with Crippen LogP contribution in [0.15, 0.2) is 42.5 Å². The van der Waals surface area contributed by atoms with Gasteiger partial charge in [-0.25, -0.2) is 0 Å². The Morgan fingerprint density at radius 1 is 1.08 bits per heavy atom. The number of amides is 1. The molecule has 1 amide bonds. The van der Waals surface area contributed by atoms with Gasteiger partial charge in [-0.2, -0.15) is 0 Å². The second-order valence-electron chi connectivity index (χ2n) is 5.26. The molecular formula is C18H20Cl2N2O3. The first-order valence-corrected chi connectivity index (χ1v) is 8.54. The molecule has 5 nitrogen and oxygen atoms in total. The van der Waals surface area contributed by atoms with Crippen molar-refractivity contribution in [2.75, 3.05) is 37.5 Å². The summed E-state index contributed by atoms with van der Waals surface area (Å²) in [7, 11) is 1.68. The number of hydrogen-bond donors (Lipinski definition) is 2. The van der Waals surface area contributed by atoms with Gasteiger partial charge in [0.25, 0.3) is 5.91 Å². The Bertz CT molecular complexity index is 693. The lowest BCUT2D eigenvalue weighted by atomic mass is 10.2. The first-order valence-electron chi connectivity index (χ1n) is 7.79. The van der Waals surface area contributed by atoms with E-state index in [-0.39, 0.29) is 12.5 Å². The van der Waals surface area contributed by atoms with Crippen molar-refractivity contribution in [1.29, 1.82) is 0 Å². The number of hydrogen-bond acceptors (Lipinski definition) is 4. The number of rotatable bonds is 9. The van der Waals surface area contributed by atoms with Crippen molar-refractivity contribution in [2.45, 2.75) is 6.42 Å². The zero-order valence-electron chi connectivity index (χ0n) is 13.9. The van der Waals surface area contributed by atoms with Crippen molar-refractivity contribution >= 4 is 40.5 Å². The number of nitrogens with one attached hydrogen (secondary N) is 2. The minimum absolute atomic E-state index is 0.141. The Morgan fingerprint density at radius 2 is 1.80 bits per heavy atom. The molecule has 134 valence electrons. The molecule has 0 fully saturated rings. The lowest BCUT2D eigenvalue weighted by Crippen LogP contribution is -2.20. The van der Waals surface area contributed by atoms with Crippen LogP contribution < -0.4 is 15.4 Å². The molecule has 0 aliphatic rings. The summed E-state index contributed by atoms with van der Waals surface area (Å²) in [5, 5.41) is 6.92. The topological polar surface area (TPSA) is 59.6 Å². The summed E-state index contributed by atoms with van der Waals surface area (Å²) in [5.41, 5.74) is 1.68. The first kappa shape index (κ1) is 19.4. The van der Waals surface area contributed by atoms with Crippen LogP contribution in [0.25, 0.3) is 0 Å². The fraction of sp³-hybridized carbons (Fsp3) is 0.278. The third-order valence-corrected chi connectivity index (χ3v) is 3.81. The maximum absolute atomic E-state index is 12.0. The summed E-state index contributed by atoms with van der Waals surface area (Å²) in [4.78, 5) is 12.0. The molecule has 0 saturated heterocycles. The van der Waals surface area contributed by atoms with Crippen molar-refractivity contribution in [3.8, 4) is 5.75 Å². The molecule has 0 unspecified atom stereocenters. The minimum atomic E-state index is -0.271. The van der Waals surface area contributed by atoms with Crippen LogP contribution in [-0.2, 0) is 9.53 Å². The third kappa shape index (κ3) is 6.82. The number of carbonyl (C=O) groups excluding carboxylic acids is 1. The number of methoxy groups -OCH3 is 1. The van der Waals surface area contributed by atoms with E-state index in [0.717, 1.165) is 25.3 Å². The van der Waals surface area contributed by atoms with Gasteiger partial charge < -0.3 is 20.1 Å². The van der Waals surface area contributed by atoms with E-state index >= 15 is 0 Å². The summed E-state index contributed by atoms with van der Waals surface area (Å²) in [6, 6.07) is 12.3. The zero-order chi connectivity index (χ0) is 18.1. The van der Waals surface area contributed by atoms with E-state index < -0.39 is 0 Å². The summed E-state index contributed by atoms with van der Waals surface area (Å²) in [5.74, 6) is 0.142. The van der Waals surface area contributed by atoms with Crippen LogP contribution >= 0.6 is 23.2 Å². The fourth-order valence-corrected chi connectivity index (χ4v) is 2.52. The molecule has 2 rings (SSSR count). The first-order chi connectivity index (χ1) is 12.1. The normalized spacial score (nSPS) is 10.4. The van der Waals surface area contributed by atoms with E-state index in [9.17, 15) is 4.79 Å². The maximum atomic E-state index is 12.0. The van der Waals surface area contributed by atoms with Crippen molar-refractivity contribution < 1.29 is 14.3 Å². The van der Waals surface area contributed by atoms with Gasteiger partial charge in [0.15, 0.2) is 6.61 Å². The molecule has 0 atom stereocenters. The smallest absolute Gasteiger partial charge is 0.262 e. The van der Waals surface area contributed by atoms with Gasteiger partial charge in [-0.05, 0) is 48.9 Å². The molecule has 7 heteroatoms. The molecule has 0 saturated carbocycles. The van der Waals surface area contributed by atoms with Gasteiger partial charge in [-0.15, -0.1) is 0 Å². The van der Waals surface area contributed by atoms with Crippen molar-refractivity contribution in [3.63, 3.8) is 0 Å². The fourth-order valence-electron chi connectivity index (χ4n) is 2.05. The molecule has 0 aliphatic carbocycles. The van der Waals surface area contributed by atoms with Crippen LogP contribution in [-0.4, -0.2) is 32.8 Å². The van der Waals surface area contributed by atoms with Gasteiger partial charge in [-0.3, -0.25) is 4.79 Å². The van der Waals surface area contributed by atoms with Crippen LogP contribution in [0.2, 0.25) is 10.0 Å². The second-order valence-corrected chi connectivity index (χ2v) is 6.11. The summed E-state index contributed by atoms with van der Waals surface area (Å²) < 4.78 is 10.4. The van der Waals surface area contributed by atoms with Crippen molar-refractivity contribution in [3.05, 3.63) is 52.5 Å². The summed E-state index contributed by atoms with van der Waals surface area (Å²) in [6.07, 6.45) is 0.930. The molecule has 0 bridgehead atoms. The molecule has 0 aliphatic heterocycles. The molecule has 2 aromatic carbocycles. The lowest BCUT2D eigenvalue weighted by molar-refractivity contribution is -0.118. The lowest BCUT2D eigenvalue weighted by Gasteiger charge is -2.10. The van der Waals surface area contributed by atoms with Crippen molar-refractivity contribution in [2.24, 2.45) is 0 Å². The number of benzene rings is 2. The van der Waals surface area contributed by atoms with Crippen LogP contribution in [0.5, 0.6) is 5.75 Å². The zero-order valence-corrected chi connectivity index (χ0v) is 15.4. The van der Waals surface area contributed by atoms with Crippen LogP contribution in [0.3, 0.4) is 0 Å². The van der Waals surface area contributed by atoms with Crippen LogP contribution in [0, 0.1) is 0 Å². The standard InChI is InChI=1S/C18H20Cl2N2O3/c1-24-10-2-9-21-14-4-6-15(7-5-14)22-18(23)12-25-17-8-3-13(19)11-16(17)20/h3-8,11,21H,2,9-10,12H2,1H3,(H,22,23). The third-order valence-electron chi connectivity index (χ3n) is 3.28. The molecule has 0 radical (unpaired) electrons. The van der Waals surface area contributed by atoms with Gasteiger partial charge in [0, 0.05) is 36.7 Å². The number of halogens is 2. The highest BCUT2D eigenvalue weighted by Crippen LogP contribution is 2.27. The Morgan fingerprint density at radius 3 is 2.48 bits per heavy atom. The number of carbonyl (C=O) groups is 1. The highest BCUT2D eigenvalue weighted by atomic mass is 35.5. The minimum Gasteiger partial charge on any atom is -0.482 e. The SMILES string of the molecule is COCCCNc1ccc(NC(=O)COc2ccc(Cl)cc2Cl)cc1. The second kappa shape index (κ2) is 10.1. The van der Waals surface area contributed by atoms with Gasteiger partial charge in [0.2, 0.25) is 0 Å². The Balaban J connectivity index is 1.78. The monoisotopic (exact) mass is 382 g/mol. The van der Waals surface area contributed by atoms with E-state index in [1.165, 1.54) is 0 Å². The maximum Gasteiger partial charge on any atom is 0.262 e. The molecule has 25 heavy (non-hydrogen) atoms. The molecule has 0 spiro atoms. The summed E-state index contributed by atoms with van der Waals surface area (Å²) in [6.45, 7) is 1.41. The number of ether oxygens (including phenoxy) is 2. The molecule has 0 heterocycles. The van der Waals surface area contributed by atoms with E-state index in [1.807, 2.05) is 24.3 Å². The van der Waals surface area contributed by atoms with Crippen LogP contribution in [0.4, 0.5) is 11.4 Å². The number of anilines is 2. The Labute approximate surface area is 157 Å². The van der Waals surface area contributed by atoms with E-state index in [2.05, 4.69) is 10.6 Å². The highest BCUT2D eigenvalue weighted by molar-refractivity contribution is 6.35. The van der Waals surface area contributed by atoms with E-state index in [1.54, 1.807) is 25.3 Å². The Kier molecular flexibility index (Phi) is 7.85. The van der Waals surface area contributed by atoms with E-state index in [0.29, 0.717) is 21.5 Å². The Hall–Kier alpha value is -1.95. The van der Waals surface area contributed by atoms with Crippen LogP contribution in [0.1, 0.15) is 6.42 Å². The van der Waals surface area contributed by atoms with Gasteiger partial charge in [-0.1, -0.05) is 23.2 Å². The predicted octanol–water partition coefficient (Wildman–Crippen LogP) is 4.46.